The van der Waals surface area contributed by atoms with Crippen LogP contribution < -0.4 is 0 Å². The minimum atomic E-state index is -0.903. The minimum absolute atomic E-state index is 0.110. The van der Waals surface area contributed by atoms with Crippen molar-refractivity contribution in [1.82, 2.24) is 20.2 Å². The Labute approximate surface area is 88.3 Å². The van der Waals surface area contributed by atoms with Crippen molar-refractivity contribution in [2.24, 2.45) is 0 Å². The molecule has 0 amide bonds. The molecule has 1 heterocycles. The van der Waals surface area contributed by atoms with Crippen molar-refractivity contribution in [3.05, 3.63) is 5.82 Å². The molecule has 15 heavy (non-hydrogen) atoms. The Morgan fingerprint density at radius 1 is 1.40 bits per heavy atom. The molecule has 0 aliphatic carbocycles. The van der Waals surface area contributed by atoms with Crippen LogP contribution >= 0.6 is 0 Å². The van der Waals surface area contributed by atoms with Gasteiger partial charge in [-0.1, -0.05) is 26.2 Å². The molecule has 1 aromatic heterocycles. The summed E-state index contributed by atoms with van der Waals surface area (Å²) in [6, 6.07) is 0. The lowest BCUT2D eigenvalue weighted by molar-refractivity contribution is -0.136. The number of hydrogen-bond acceptors (Lipinski definition) is 4. The summed E-state index contributed by atoms with van der Waals surface area (Å²) in [5.74, 6) is -0.474. The summed E-state index contributed by atoms with van der Waals surface area (Å²) in [6.07, 6.45) is 4.38. The SMILES string of the molecule is CCCCCCn1nnnc1CC(=O)O. The first-order valence-corrected chi connectivity index (χ1v) is 5.21. The maximum absolute atomic E-state index is 10.5. The van der Waals surface area contributed by atoms with E-state index in [1.807, 2.05) is 0 Å². The summed E-state index contributed by atoms with van der Waals surface area (Å²) < 4.78 is 1.57. The number of unbranched alkanes of at least 4 members (excludes halogenated alkanes) is 3. The van der Waals surface area contributed by atoms with Gasteiger partial charge < -0.3 is 5.11 Å². The zero-order valence-electron chi connectivity index (χ0n) is 8.89. The third-order valence-corrected chi connectivity index (χ3v) is 2.14. The van der Waals surface area contributed by atoms with Crippen molar-refractivity contribution in [2.45, 2.75) is 45.6 Å². The molecule has 0 aromatic carbocycles. The molecule has 0 spiro atoms. The van der Waals surface area contributed by atoms with Crippen LogP contribution in [0.4, 0.5) is 0 Å². The fourth-order valence-electron chi connectivity index (χ4n) is 1.35. The molecule has 1 aromatic rings. The second kappa shape index (κ2) is 6.10. The highest BCUT2D eigenvalue weighted by atomic mass is 16.4. The van der Waals surface area contributed by atoms with Crippen LogP contribution in [0.3, 0.4) is 0 Å². The van der Waals surface area contributed by atoms with Gasteiger partial charge in [0.2, 0.25) is 0 Å². The molecule has 0 unspecified atom stereocenters. The van der Waals surface area contributed by atoms with Crippen molar-refractivity contribution in [3.8, 4) is 0 Å². The fraction of sp³-hybridized carbons (Fsp3) is 0.778. The van der Waals surface area contributed by atoms with Gasteiger partial charge >= 0.3 is 5.97 Å². The van der Waals surface area contributed by atoms with Gasteiger partial charge in [-0.05, 0) is 16.8 Å². The zero-order valence-corrected chi connectivity index (χ0v) is 8.89. The Morgan fingerprint density at radius 3 is 2.87 bits per heavy atom. The Morgan fingerprint density at radius 2 is 2.20 bits per heavy atom. The number of nitrogens with zero attached hydrogens (tertiary/aromatic N) is 4. The number of aliphatic carboxylic acids is 1. The minimum Gasteiger partial charge on any atom is -0.481 e. The van der Waals surface area contributed by atoms with Crippen LogP contribution in [0.5, 0.6) is 0 Å². The average Bonchev–Trinajstić information content (AvgIpc) is 2.59. The highest BCUT2D eigenvalue weighted by Crippen LogP contribution is 2.02. The van der Waals surface area contributed by atoms with Crippen LogP contribution in [0.25, 0.3) is 0 Å². The average molecular weight is 212 g/mol. The lowest BCUT2D eigenvalue weighted by Crippen LogP contribution is -2.10. The van der Waals surface area contributed by atoms with Gasteiger partial charge in [0.15, 0.2) is 5.82 Å². The third kappa shape index (κ3) is 4.05. The van der Waals surface area contributed by atoms with Gasteiger partial charge in [-0.3, -0.25) is 4.79 Å². The normalized spacial score (nSPS) is 10.5. The molecule has 6 nitrogen and oxygen atoms in total. The maximum atomic E-state index is 10.5. The topological polar surface area (TPSA) is 80.9 Å². The molecule has 0 saturated carbocycles. The van der Waals surface area contributed by atoms with Gasteiger partial charge in [0.1, 0.15) is 6.42 Å². The van der Waals surface area contributed by atoms with Crippen molar-refractivity contribution in [2.75, 3.05) is 0 Å². The summed E-state index contributed by atoms with van der Waals surface area (Å²) in [6.45, 7) is 2.85. The quantitative estimate of drug-likeness (QED) is 0.678. The smallest absolute Gasteiger partial charge is 0.311 e. The van der Waals surface area contributed by atoms with E-state index in [1.165, 1.54) is 12.8 Å². The van der Waals surface area contributed by atoms with Crippen molar-refractivity contribution in [3.63, 3.8) is 0 Å². The first kappa shape index (κ1) is 11.6. The first-order chi connectivity index (χ1) is 7.24. The van der Waals surface area contributed by atoms with Gasteiger partial charge in [0.25, 0.3) is 0 Å². The summed E-state index contributed by atoms with van der Waals surface area (Å²) in [4.78, 5) is 10.5. The second-order valence-corrected chi connectivity index (χ2v) is 3.45. The van der Waals surface area contributed by atoms with E-state index in [0.717, 1.165) is 12.8 Å². The van der Waals surface area contributed by atoms with Crippen LogP contribution in [0, 0.1) is 0 Å². The van der Waals surface area contributed by atoms with Crippen molar-refractivity contribution in [1.29, 1.82) is 0 Å². The van der Waals surface area contributed by atoms with E-state index in [1.54, 1.807) is 4.68 Å². The van der Waals surface area contributed by atoms with Crippen LogP contribution in [-0.2, 0) is 17.8 Å². The Bertz CT molecular complexity index is 311. The van der Waals surface area contributed by atoms with E-state index < -0.39 is 5.97 Å². The predicted octanol–water partition coefficient (Wildman–Crippen LogP) is 0.880. The molecule has 0 aliphatic heterocycles. The number of carboxylic acid groups (broad SMARTS) is 1. The molecular weight excluding hydrogens is 196 g/mol. The predicted molar refractivity (Wildman–Crippen MR) is 53.3 cm³/mol. The number of carbonyl (C=O) groups is 1. The molecule has 1 rings (SSSR count). The molecule has 0 saturated heterocycles. The zero-order chi connectivity index (χ0) is 11.1. The van der Waals surface area contributed by atoms with E-state index in [-0.39, 0.29) is 6.42 Å². The molecule has 0 atom stereocenters. The lowest BCUT2D eigenvalue weighted by Gasteiger charge is -2.02. The monoisotopic (exact) mass is 212 g/mol. The number of hydrogen-bond donors (Lipinski definition) is 1. The van der Waals surface area contributed by atoms with Crippen LogP contribution in [0.1, 0.15) is 38.4 Å². The van der Waals surface area contributed by atoms with E-state index in [9.17, 15) is 4.79 Å². The molecule has 1 N–H and O–H groups in total. The second-order valence-electron chi connectivity index (χ2n) is 3.45. The molecule has 0 fully saturated rings. The number of carboxylic acids is 1. The summed E-state index contributed by atoms with van der Waals surface area (Å²) in [5, 5.41) is 19.5. The van der Waals surface area contributed by atoms with Crippen LogP contribution in [-0.4, -0.2) is 31.3 Å². The number of rotatable bonds is 7. The highest BCUT2D eigenvalue weighted by molar-refractivity contribution is 5.68. The summed E-state index contributed by atoms with van der Waals surface area (Å²) in [7, 11) is 0. The van der Waals surface area contributed by atoms with Gasteiger partial charge in [-0.2, -0.15) is 0 Å². The standard InChI is InChI=1S/C9H16N4O2/c1-2-3-4-5-6-13-8(7-9(14)15)10-11-12-13/h2-7H2,1H3,(H,14,15). The maximum Gasteiger partial charge on any atom is 0.311 e. The molecule has 0 radical (unpaired) electrons. The first-order valence-electron chi connectivity index (χ1n) is 5.21. The van der Waals surface area contributed by atoms with Crippen LogP contribution in [0.15, 0.2) is 0 Å². The van der Waals surface area contributed by atoms with Gasteiger partial charge in [-0.25, -0.2) is 4.68 Å². The molecule has 0 aliphatic rings. The van der Waals surface area contributed by atoms with Gasteiger partial charge in [-0.15, -0.1) is 5.10 Å². The number of aromatic nitrogens is 4. The fourth-order valence-corrected chi connectivity index (χ4v) is 1.35. The van der Waals surface area contributed by atoms with E-state index in [4.69, 9.17) is 5.11 Å². The number of tetrazole rings is 1. The van der Waals surface area contributed by atoms with Crippen molar-refractivity contribution >= 4 is 5.97 Å². The molecule has 6 heteroatoms. The molecular formula is C9H16N4O2. The Kier molecular flexibility index (Phi) is 4.73. The number of aryl methyl sites for hydroxylation is 1. The highest BCUT2D eigenvalue weighted by Gasteiger charge is 2.09. The lowest BCUT2D eigenvalue weighted by atomic mass is 10.2. The Balaban J connectivity index is 2.39. The van der Waals surface area contributed by atoms with E-state index in [2.05, 4.69) is 22.4 Å². The van der Waals surface area contributed by atoms with Gasteiger partial charge in [0.05, 0.1) is 0 Å². The largest absolute Gasteiger partial charge is 0.481 e. The summed E-state index contributed by atoms with van der Waals surface area (Å²) in [5.41, 5.74) is 0. The van der Waals surface area contributed by atoms with Crippen LogP contribution in [0.2, 0.25) is 0 Å². The van der Waals surface area contributed by atoms with E-state index >= 15 is 0 Å². The summed E-state index contributed by atoms with van der Waals surface area (Å²) >= 11 is 0. The van der Waals surface area contributed by atoms with Gasteiger partial charge in [0, 0.05) is 6.54 Å². The Hall–Kier alpha value is -1.46. The van der Waals surface area contributed by atoms with E-state index in [0.29, 0.717) is 12.4 Å². The molecule has 0 bridgehead atoms. The van der Waals surface area contributed by atoms with Crippen molar-refractivity contribution < 1.29 is 9.90 Å². The third-order valence-electron chi connectivity index (χ3n) is 2.14. The molecule has 84 valence electrons.